The van der Waals surface area contributed by atoms with Crippen LogP contribution in [0, 0.1) is 0 Å². The van der Waals surface area contributed by atoms with Gasteiger partial charge in [0, 0.05) is 31.7 Å². The maximum atomic E-state index is 12.4. The summed E-state index contributed by atoms with van der Waals surface area (Å²) in [4.78, 5) is 16.6. The van der Waals surface area contributed by atoms with Crippen LogP contribution in [0.5, 0.6) is 5.75 Å². The molecular formula is C15H23N3O2. The van der Waals surface area contributed by atoms with Crippen LogP contribution in [-0.2, 0) is 0 Å². The second-order valence-electron chi connectivity index (χ2n) is 6.19. The summed E-state index contributed by atoms with van der Waals surface area (Å²) < 4.78 is 0. The molecule has 1 amide bonds. The van der Waals surface area contributed by atoms with Gasteiger partial charge in [0.15, 0.2) is 5.75 Å². The van der Waals surface area contributed by atoms with E-state index in [0.29, 0.717) is 13.1 Å². The van der Waals surface area contributed by atoms with Crippen molar-refractivity contribution in [3.8, 4) is 5.75 Å². The number of hydrogen-bond donors (Lipinski definition) is 2. The Labute approximate surface area is 120 Å². The molecule has 1 aliphatic rings. The Balaban J connectivity index is 2.07. The number of nitrogen functional groups attached to an aromatic ring is 1. The molecule has 20 heavy (non-hydrogen) atoms. The number of piperazine rings is 1. The van der Waals surface area contributed by atoms with E-state index in [2.05, 4.69) is 25.7 Å². The van der Waals surface area contributed by atoms with Crippen LogP contribution in [0.15, 0.2) is 18.2 Å². The first-order valence-electron chi connectivity index (χ1n) is 6.92. The highest BCUT2D eigenvalue weighted by Gasteiger charge is 2.29. The topological polar surface area (TPSA) is 69.8 Å². The zero-order valence-electron chi connectivity index (χ0n) is 12.4. The van der Waals surface area contributed by atoms with Gasteiger partial charge in [-0.3, -0.25) is 9.69 Å². The number of carbonyl (C=O) groups is 1. The number of carbonyl (C=O) groups excluding carboxylic acids is 1. The Kier molecular flexibility index (Phi) is 3.90. The number of amides is 1. The van der Waals surface area contributed by atoms with E-state index in [1.54, 1.807) is 23.1 Å². The SMILES string of the molecule is CC(C)(C)N1CCN(C(=O)c2cccc(N)c2O)CC1. The molecule has 5 heteroatoms. The monoisotopic (exact) mass is 277 g/mol. The average Bonchev–Trinajstić information content (AvgIpc) is 2.40. The standard InChI is InChI=1S/C15H23N3O2/c1-15(2,3)18-9-7-17(8-10-18)14(20)11-5-4-6-12(16)13(11)19/h4-6,19H,7-10,16H2,1-3H3. The number of phenols is 1. The van der Waals surface area contributed by atoms with E-state index in [1.807, 2.05) is 0 Å². The van der Waals surface area contributed by atoms with Crippen molar-refractivity contribution < 1.29 is 9.90 Å². The van der Waals surface area contributed by atoms with Crippen LogP contribution in [0.2, 0.25) is 0 Å². The molecule has 0 unspecified atom stereocenters. The van der Waals surface area contributed by atoms with Gasteiger partial charge >= 0.3 is 0 Å². The molecule has 1 aromatic rings. The number of para-hydroxylation sites is 1. The van der Waals surface area contributed by atoms with Crippen molar-refractivity contribution in [1.82, 2.24) is 9.80 Å². The molecule has 1 fully saturated rings. The van der Waals surface area contributed by atoms with Crippen LogP contribution in [0.1, 0.15) is 31.1 Å². The summed E-state index contributed by atoms with van der Waals surface area (Å²) in [5, 5.41) is 9.90. The van der Waals surface area contributed by atoms with Gasteiger partial charge in [-0.1, -0.05) is 6.07 Å². The first kappa shape index (κ1) is 14.7. The lowest BCUT2D eigenvalue weighted by Gasteiger charge is -2.42. The lowest BCUT2D eigenvalue weighted by Crippen LogP contribution is -2.54. The van der Waals surface area contributed by atoms with Gasteiger partial charge in [0.2, 0.25) is 0 Å². The largest absolute Gasteiger partial charge is 0.505 e. The summed E-state index contributed by atoms with van der Waals surface area (Å²) in [6.07, 6.45) is 0. The number of anilines is 1. The van der Waals surface area contributed by atoms with Crippen molar-refractivity contribution in [2.24, 2.45) is 0 Å². The van der Waals surface area contributed by atoms with Crippen LogP contribution in [0.3, 0.4) is 0 Å². The normalized spacial score (nSPS) is 17.2. The number of aromatic hydroxyl groups is 1. The van der Waals surface area contributed by atoms with E-state index in [4.69, 9.17) is 5.73 Å². The van der Waals surface area contributed by atoms with Crippen molar-refractivity contribution in [3.63, 3.8) is 0 Å². The van der Waals surface area contributed by atoms with Crippen LogP contribution in [0.4, 0.5) is 5.69 Å². The number of hydrogen-bond acceptors (Lipinski definition) is 4. The van der Waals surface area contributed by atoms with Gasteiger partial charge in [0.05, 0.1) is 11.3 Å². The fourth-order valence-corrected chi connectivity index (χ4v) is 2.48. The van der Waals surface area contributed by atoms with E-state index in [0.717, 1.165) is 13.1 Å². The van der Waals surface area contributed by atoms with E-state index in [9.17, 15) is 9.90 Å². The van der Waals surface area contributed by atoms with Crippen molar-refractivity contribution >= 4 is 11.6 Å². The first-order chi connectivity index (χ1) is 9.30. The summed E-state index contributed by atoms with van der Waals surface area (Å²) in [6, 6.07) is 4.89. The molecule has 1 saturated heterocycles. The number of phenolic OH excluding ortho intramolecular Hbond substituents is 1. The Bertz CT molecular complexity index is 500. The number of benzene rings is 1. The van der Waals surface area contributed by atoms with Crippen LogP contribution in [-0.4, -0.2) is 52.5 Å². The highest BCUT2D eigenvalue weighted by Crippen LogP contribution is 2.26. The summed E-state index contributed by atoms with van der Waals surface area (Å²) in [5.74, 6) is -0.265. The van der Waals surface area contributed by atoms with Gasteiger partial charge in [-0.25, -0.2) is 0 Å². The van der Waals surface area contributed by atoms with E-state index in [-0.39, 0.29) is 28.4 Å². The summed E-state index contributed by atoms with van der Waals surface area (Å²) in [6.45, 7) is 9.56. The lowest BCUT2D eigenvalue weighted by molar-refractivity contribution is 0.0449. The van der Waals surface area contributed by atoms with Crippen molar-refractivity contribution in [1.29, 1.82) is 0 Å². The number of nitrogens with two attached hydrogens (primary N) is 1. The molecule has 0 bridgehead atoms. The van der Waals surface area contributed by atoms with Crippen molar-refractivity contribution in [3.05, 3.63) is 23.8 Å². The minimum Gasteiger partial charge on any atom is -0.505 e. The quantitative estimate of drug-likeness (QED) is 0.603. The van der Waals surface area contributed by atoms with Gasteiger partial charge in [-0.2, -0.15) is 0 Å². The second kappa shape index (κ2) is 5.32. The average molecular weight is 277 g/mol. The van der Waals surface area contributed by atoms with Crippen molar-refractivity contribution in [2.45, 2.75) is 26.3 Å². The van der Waals surface area contributed by atoms with E-state index in [1.165, 1.54) is 0 Å². The van der Waals surface area contributed by atoms with E-state index < -0.39 is 0 Å². The summed E-state index contributed by atoms with van der Waals surface area (Å²) >= 11 is 0. The first-order valence-corrected chi connectivity index (χ1v) is 6.92. The number of nitrogens with zero attached hydrogens (tertiary/aromatic N) is 2. The van der Waals surface area contributed by atoms with E-state index >= 15 is 0 Å². The summed E-state index contributed by atoms with van der Waals surface area (Å²) in [7, 11) is 0. The zero-order valence-corrected chi connectivity index (χ0v) is 12.4. The minimum atomic E-state index is -0.150. The molecule has 2 rings (SSSR count). The zero-order chi connectivity index (χ0) is 14.9. The van der Waals surface area contributed by atoms with Gasteiger partial charge in [-0.15, -0.1) is 0 Å². The molecule has 0 spiro atoms. The van der Waals surface area contributed by atoms with Gasteiger partial charge in [0.1, 0.15) is 0 Å². The van der Waals surface area contributed by atoms with Gasteiger partial charge in [-0.05, 0) is 32.9 Å². The third kappa shape index (κ3) is 2.88. The van der Waals surface area contributed by atoms with Crippen LogP contribution < -0.4 is 5.73 Å². The highest BCUT2D eigenvalue weighted by molar-refractivity contribution is 5.98. The molecule has 3 N–H and O–H groups in total. The molecule has 0 radical (unpaired) electrons. The molecule has 0 saturated carbocycles. The summed E-state index contributed by atoms with van der Waals surface area (Å²) in [5.41, 5.74) is 6.28. The molecule has 1 aromatic carbocycles. The third-order valence-electron chi connectivity index (χ3n) is 3.81. The van der Waals surface area contributed by atoms with Gasteiger partial charge < -0.3 is 15.7 Å². The highest BCUT2D eigenvalue weighted by atomic mass is 16.3. The molecule has 110 valence electrons. The molecule has 5 nitrogen and oxygen atoms in total. The molecule has 0 aromatic heterocycles. The molecule has 0 aliphatic carbocycles. The minimum absolute atomic E-state index is 0.115. The Morgan fingerprint density at radius 1 is 1.20 bits per heavy atom. The molecule has 0 atom stereocenters. The lowest BCUT2D eigenvalue weighted by atomic mass is 10.0. The molecule has 1 heterocycles. The van der Waals surface area contributed by atoms with Crippen molar-refractivity contribution in [2.75, 3.05) is 31.9 Å². The second-order valence-corrected chi connectivity index (χ2v) is 6.19. The maximum absolute atomic E-state index is 12.4. The third-order valence-corrected chi connectivity index (χ3v) is 3.81. The molecular weight excluding hydrogens is 254 g/mol. The maximum Gasteiger partial charge on any atom is 0.257 e. The predicted molar refractivity (Wildman–Crippen MR) is 79.7 cm³/mol. The van der Waals surface area contributed by atoms with Crippen LogP contribution in [0.25, 0.3) is 0 Å². The smallest absolute Gasteiger partial charge is 0.257 e. The Hall–Kier alpha value is -1.75. The Morgan fingerprint density at radius 2 is 1.80 bits per heavy atom. The fraction of sp³-hybridized carbons (Fsp3) is 0.533. The Morgan fingerprint density at radius 3 is 2.35 bits per heavy atom. The molecule has 1 aliphatic heterocycles. The van der Waals surface area contributed by atoms with Crippen LogP contribution >= 0.6 is 0 Å². The fourth-order valence-electron chi connectivity index (χ4n) is 2.48. The number of rotatable bonds is 1. The van der Waals surface area contributed by atoms with Gasteiger partial charge in [0.25, 0.3) is 5.91 Å². The predicted octanol–water partition coefficient (Wildman–Crippen LogP) is 1.53.